The molecule has 4 heteroatoms. The normalized spacial score (nSPS) is 28.4. The third-order valence-electron chi connectivity index (χ3n) is 3.54. The van der Waals surface area contributed by atoms with Crippen LogP contribution in [0.25, 0.3) is 0 Å². The summed E-state index contributed by atoms with van der Waals surface area (Å²) in [5, 5.41) is 3.45. The van der Waals surface area contributed by atoms with Gasteiger partial charge >= 0.3 is 6.18 Å². The molecule has 0 aromatic carbocycles. The highest BCUT2D eigenvalue weighted by Crippen LogP contribution is 2.37. The van der Waals surface area contributed by atoms with E-state index in [4.69, 9.17) is 0 Å². The first-order valence-electron chi connectivity index (χ1n) is 6.61. The quantitative estimate of drug-likeness (QED) is 0.792. The van der Waals surface area contributed by atoms with E-state index in [9.17, 15) is 13.2 Å². The van der Waals surface area contributed by atoms with Gasteiger partial charge in [0.1, 0.15) is 0 Å². The van der Waals surface area contributed by atoms with Crippen molar-refractivity contribution in [2.75, 3.05) is 0 Å². The minimum atomic E-state index is -3.99. The van der Waals surface area contributed by atoms with E-state index in [0.29, 0.717) is 24.8 Å². The van der Waals surface area contributed by atoms with Crippen molar-refractivity contribution in [3.05, 3.63) is 0 Å². The van der Waals surface area contributed by atoms with Gasteiger partial charge in [-0.3, -0.25) is 0 Å². The summed E-state index contributed by atoms with van der Waals surface area (Å²) < 4.78 is 37.4. The zero-order valence-corrected chi connectivity index (χ0v) is 11.0. The molecular formula is C13H24F3N. The molecule has 1 aliphatic rings. The first-order valence-corrected chi connectivity index (χ1v) is 6.61. The molecule has 1 atom stereocenters. The zero-order valence-electron chi connectivity index (χ0n) is 11.0. The maximum absolute atomic E-state index is 12.5. The molecule has 1 aliphatic carbocycles. The fraction of sp³-hybridized carbons (Fsp3) is 1.00. The summed E-state index contributed by atoms with van der Waals surface area (Å²) in [5.74, 6) is -0.440. The number of halogens is 3. The predicted octanol–water partition coefficient (Wildman–Crippen LogP) is 4.13. The van der Waals surface area contributed by atoms with Crippen LogP contribution in [-0.4, -0.2) is 18.3 Å². The molecule has 1 N–H and O–H groups in total. The van der Waals surface area contributed by atoms with Gasteiger partial charge in [0.25, 0.3) is 0 Å². The van der Waals surface area contributed by atoms with E-state index in [-0.39, 0.29) is 18.9 Å². The zero-order chi connectivity index (χ0) is 13.1. The van der Waals surface area contributed by atoms with Crippen LogP contribution in [0.4, 0.5) is 13.2 Å². The van der Waals surface area contributed by atoms with E-state index in [1.54, 1.807) is 0 Å². The van der Waals surface area contributed by atoms with Gasteiger partial charge in [0, 0.05) is 12.1 Å². The molecule has 0 radical (unpaired) electrons. The van der Waals surface area contributed by atoms with E-state index in [1.807, 2.05) is 0 Å². The number of hydrogen-bond donors (Lipinski definition) is 1. The largest absolute Gasteiger partial charge is 0.391 e. The van der Waals surface area contributed by atoms with Gasteiger partial charge in [-0.05, 0) is 44.9 Å². The maximum atomic E-state index is 12.5. The van der Waals surface area contributed by atoms with Gasteiger partial charge in [-0.25, -0.2) is 0 Å². The van der Waals surface area contributed by atoms with Gasteiger partial charge in [0.2, 0.25) is 0 Å². The number of alkyl halides is 3. The average Bonchev–Trinajstić information content (AvgIpc) is 2.15. The molecule has 0 aromatic rings. The summed E-state index contributed by atoms with van der Waals surface area (Å²) in [4.78, 5) is 0. The fourth-order valence-corrected chi connectivity index (χ4v) is 2.76. The van der Waals surface area contributed by atoms with E-state index in [0.717, 1.165) is 6.42 Å². The van der Waals surface area contributed by atoms with Crippen molar-refractivity contribution in [1.82, 2.24) is 5.32 Å². The van der Waals surface area contributed by atoms with E-state index in [2.05, 4.69) is 26.1 Å². The molecule has 1 nitrogen and oxygen atoms in total. The summed E-state index contributed by atoms with van der Waals surface area (Å²) in [6, 6.07) is 0.685. The van der Waals surface area contributed by atoms with Crippen molar-refractivity contribution < 1.29 is 13.2 Å². The standard InChI is InChI=1S/C13H24F3N/c1-9(2)8-10(3)17-12-6-4-11(5-7-12)13(14,15)16/h9-12,17H,4-8H2,1-3H3. The molecule has 17 heavy (non-hydrogen) atoms. The topological polar surface area (TPSA) is 12.0 Å². The summed E-state index contributed by atoms with van der Waals surface area (Å²) >= 11 is 0. The first kappa shape index (κ1) is 14.8. The first-order chi connectivity index (χ1) is 7.79. The Labute approximate surface area is 102 Å². The molecule has 1 rings (SSSR count). The second kappa shape index (κ2) is 6.07. The second-order valence-electron chi connectivity index (χ2n) is 5.79. The van der Waals surface area contributed by atoms with Gasteiger partial charge in [0.05, 0.1) is 5.92 Å². The van der Waals surface area contributed by atoms with Crippen molar-refractivity contribution in [2.45, 2.75) is 71.1 Å². The molecule has 102 valence electrons. The Bertz CT molecular complexity index is 217. The monoisotopic (exact) mass is 251 g/mol. The lowest BCUT2D eigenvalue weighted by Crippen LogP contribution is -2.41. The highest BCUT2D eigenvalue weighted by molar-refractivity contribution is 4.82. The predicted molar refractivity (Wildman–Crippen MR) is 63.9 cm³/mol. The molecule has 1 saturated carbocycles. The Morgan fingerprint density at radius 3 is 2.00 bits per heavy atom. The molecule has 0 aromatic heterocycles. The van der Waals surface area contributed by atoms with Crippen LogP contribution in [-0.2, 0) is 0 Å². The van der Waals surface area contributed by atoms with Gasteiger partial charge in [-0.15, -0.1) is 0 Å². The fourth-order valence-electron chi connectivity index (χ4n) is 2.76. The van der Waals surface area contributed by atoms with E-state index >= 15 is 0 Å². The lowest BCUT2D eigenvalue weighted by molar-refractivity contribution is -0.182. The molecule has 0 spiro atoms. The van der Waals surface area contributed by atoms with Crippen molar-refractivity contribution in [1.29, 1.82) is 0 Å². The SMILES string of the molecule is CC(C)CC(C)NC1CCC(C(F)(F)F)CC1. The van der Waals surface area contributed by atoms with Gasteiger partial charge in [-0.1, -0.05) is 13.8 Å². The van der Waals surface area contributed by atoms with Crippen molar-refractivity contribution >= 4 is 0 Å². The molecule has 1 unspecified atom stereocenters. The van der Waals surface area contributed by atoms with Crippen LogP contribution in [0.5, 0.6) is 0 Å². The lowest BCUT2D eigenvalue weighted by Gasteiger charge is -2.32. The number of nitrogens with one attached hydrogen (secondary N) is 1. The molecular weight excluding hydrogens is 227 g/mol. The second-order valence-corrected chi connectivity index (χ2v) is 5.79. The van der Waals surface area contributed by atoms with Crippen molar-refractivity contribution in [3.63, 3.8) is 0 Å². The minimum Gasteiger partial charge on any atom is -0.311 e. The third kappa shape index (κ3) is 5.28. The average molecular weight is 251 g/mol. The number of hydrogen-bond acceptors (Lipinski definition) is 1. The molecule has 0 bridgehead atoms. The smallest absolute Gasteiger partial charge is 0.311 e. The van der Waals surface area contributed by atoms with Gasteiger partial charge < -0.3 is 5.32 Å². The summed E-state index contributed by atoms with van der Waals surface area (Å²) in [7, 11) is 0. The van der Waals surface area contributed by atoms with E-state index in [1.165, 1.54) is 0 Å². The van der Waals surface area contributed by atoms with Crippen LogP contribution in [0.2, 0.25) is 0 Å². The van der Waals surface area contributed by atoms with Gasteiger partial charge in [-0.2, -0.15) is 13.2 Å². The van der Waals surface area contributed by atoms with Crippen LogP contribution >= 0.6 is 0 Å². The minimum absolute atomic E-state index is 0.280. The highest BCUT2D eigenvalue weighted by Gasteiger charge is 2.41. The maximum Gasteiger partial charge on any atom is 0.391 e. The number of rotatable bonds is 4. The Balaban J connectivity index is 2.28. The van der Waals surface area contributed by atoms with Crippen molar-refractivity contribution in [2.24, 2.45) is 11.8 Å². The Hall–Kier alpha value is -0.250. The molecule has 0 aliphatic heterocycles. The Morgan fingerprint density at radius 1 is 1.06 bits per heavy atom. The third-order valence-corrected chi connectivity index (χ3v) is 3.54. The van der Waals surface area contributed by atoms with E-state index < -0.39 is 12.1 Å². The van der Waals surface area contributed by atoms with Crippen LogP contribution in [0.15, 0.2) is 0 Å². The molecule has 0 saturated heterocycles. The Morgan fingerprint density at radius 2 is 1.59 bits per heavy atom. The Kier molecular flexibility index (Phi) is 5.29. The van der Waals surface area contributed by atoms with Crippen LogP contribution in [0, 0.1) is 11.8 Å². The molecule has 1 fully saturated rings. The molecule has 0 heterocycles. The lowest BCUT2D eigenvalue weighted by atomic mass is 9.85. The van der Waals surface area contributed by atoms with Crippen molar-refractivity contribution in [3.8, 4) is 0 Å². The molecule has 0 amide bonds. The summed E-state index contributed by atoms with van der Waals surface area (Å²) in [6.07, 6.45) is -1.02. The van der Waals surface area contributed by atoms with Crippen LogP contribution < -0.4 is 5.32 Å². The summed E-state index contributed by atoms with van der Waals surface area (Å²) in [5.41, 5.74) is 0. The van der Waals surface area contributed by atoms with Gasteiger partial charge in [0.15, 0.2) is 0 Å². The van der Waals surface area contributed by atoms with Crippen LogP contribution in [0.3, 0.4) is 0 Å². The summed E-state index contributed by atoms with van der Waals surface area (Å²) in [6.45, 7) is 6.45. The van der Waals surface area contributed by atoms with Crippen LogP contribution in [0.1, 0.15) is 52.9 Å². The highest BCUT2D eigenvalue weighted by atomic mass is 19.4.